The smallest absolute Gasteiger partial charge is 0.0927 e. The number of fused-ring (bicyclic) bond motifs is 1. The van der Waals surface area contributed by atoms with Crippen LogP contribution < -0.4 is 0 Å². The van der Waals surface area contributed by atoms with E-state index < -0.39 is 0 Å². The SMILES string of the molecule is CC(C)C1CC[N+]2(C(C)C)CCCC12. The molecule has 0 spiro atoms. The van der Waals surface area contributed by atoms with Crippen LogP contribution in [0.25, 0.3) is 0 Å². The number of rotatable bonds is 2. The van der Waals surface area contributed by atoms with E-state index >= 15 is 0 Å². The highest BCUT2D eigenvalue weighted by Gasteiger charge is 2.53. The first-order valence-corrected chi connectivity index (χ1v) is 6.44. The van der Waals surface area contributed by atoms with E-state index in [2.05, 4.69) is 27.7 Å². The van der Waals surface area contributed by atoms with Crippen molar-refractivity contribution in [1.29, 1.82) is 0 Å². The van der Waals surface area contributed by atoms with Gasteiger partial charge in [-0.1, -0.05) is 13.8 Å². The van der Waals surface area contributed by atoms with Crippen molar-refractivity contribution in [2.24, 2.45) is 11.8 Å². The fourth-order valence-electron chi connectivity index (χ4n) is 4.15. The third kappa shape index (κ3) is 1.32. The summed E-state index contributed by atoms with van der Waals surface area (Å²) in [6.07, 6.45) is 4.47. The van der Waals surface area contributed by atoms with Crippen molar-refractivity contribution in [3.63, 3.8) is 0 Å². The van der Waals surface area contributed by atoms with Crippen LogP contribution in [0.3, 0.4) is 0 Å². The van der Waals surface area contributed by atoms with Gasteiger partial charge in [0.1, 0.15) is 0 Å². The summed E-state index contributed by atoms with van der Waals surface area (Å²) in [5.41, 5.74) is 0. The van der Waals surface area contributed by atoms with Crippen molar-refractivity contribution in [3.8, 4) is 0 Å². The molecule has 2 saturated heterocycles. The van der Waals surface area contributed by atoms with Crippen LogP contribution in [0.15, 0.2) is 0 Å². The Balaban J connectivity index is 2.20. The van der Waals surface area contributed by atoms with Crippen molar-refractivity contribution in [3.05, 3.63) is 0 Å². The second-order valence-electron chi connectivity index (χ2n) is 6.05. The van der Waals surface area contributed by atoms with Crippen LogP contribution in [0.5, 0.6) is 0 Å². The predicted molar refractivity (Wildman–Crippen MR) is 61.1 cm³/mol. The Hall–Kier alpha value is -0.0400. The second kappa shape index (κ2) is 3.52. The number of nitrogens with zero attached hydrogens (tertiary/aromatic N) is 1. The predicted octanol–water partition coefficient (Wildman–Crippen LogP) is 3.05. The summed E-state index contributed by atoms with van der Waals surface area (Å²) in [6.45, 7) is 12.6. The average molecular weight is 196 g/mol. The van der Waals surface area contributed by atoms with Gasteiger partial charge < -0.3 is 4.48 Å². The van der Waals surface area contributed by atoms with Crippen LogP contribution in [-0.4, -0.2) is 29.7 Å². The lowest BCUT2D eigenvalue weighted by Crippen LogP contribution is -2.54. The maximum absolute atomic E-state index is 2.43. The van der Waals surface area contributed by atoms with Gasteiger partial charge in [0.25, 0.3) is 0 Å². The minimum absolute atomic E-state index is 0.853. The molecule has 0 aromatic rings. The van der Waals surface area contributed by atoms with Gasteiger partial charge in [-0.15, -0.1) is 0 Å². The fourth-order valence-corrected chi connectivity index (χ4v) is 4.15. The van der Waals surface area contributed by atoms with E-state index in [4.69, 9.17) is 0 Å². The number of hydrogen-bond donors (Lipinski definition) is 0. The lowest BCUT2D eigenvalue weighted by atomic mass is 9.87. The molecule has 1 nitrogen and oxygen atoms in total. The molecular weight excluding hydrogens is 170 g/mol. The molecule has 0 aromatic carbocycles. The molecule has 2 fully saturated rings. The van der Waals surface area contributed by atoms with E-state index in [0.29, 0.717) is 0 Å². The molecule has 0 aliphatic carbocycles. The highest BCUT2D eigenvalue weighted by atomic mass is 15.4. The molecule has 2 rings (SSSR count). The van der Waals surface area contributed by atoms with Gasteiger partial charge in [-0.2, -0.15) is 0 Å². The normalized spacial score (nSPS) is 42.4. The first-order chi connectivity index (χ1) is 6.58. The summed E-state index contributed by atoms with van der Waals surface area (Å²) >= 11 is 0. The summed E-state index contributed by atoms with van der Waals surface area (Å²) in [4.78, 5) is 0. The van der Waals surface area contributed by atoms with Crippen LogP contribution in [0, 0.1) is 11.8 Å². The maximum Gasteiger partial charge on any atom is 0.0927 e. The van der Waals surface area contributed by atoms with Crippen LogP contribution in [0.1, 0.15) is 47.0 Å². The van der Waals surface area contributed by atoms with Gasteiger partial charge in [0.05, 0.1) is 25.2 Å². The molecule has 2 heterocycles. The molecule has 0 saturated carbocycles. The topological polar surface area (TPSA) is 0 Å². The molecule has 82 valence electrons. The lowest BCUT2D eigenvalue weighted by Gasteiger charge is -2.40. The Morgan fingerprint density at radius 3 is 2.29 bits per heavy atom. The van der Waals surface area contributed by atoms with Gasteiger partial charge >= 0.3 is 0 Å². The van der Waals surface area contributed by atoms with E-state index in [1.54, 1.807) is 0 Å². The molecule has 0 aromatic heterocycles. The standard InChI is InChI=1S/C13H26N/c1-10(2)12-7-9-14(11(3)4)8-5-6-13(12)14/h10-13H,5-9H2,1-4H3/q+1. The summed E-state index contributed by atoms with van der Waals surface area (Å²) in [7, 11) is 0. The van der Waals surface area contributed by atoms with Crippen molar-refractivity contribution in [2.75, 3.05) is 13.1 Å². The Kier molecular flexibility index (Phi) is 2.63. The molecule has 1 heteroatoms. The molecule has 2 aliphatic heterocycles. The molecule has 14 heavy (non-hydrogen) atoms. The fraction of sp³-hybridized carbons (Fsp3) is 1.00. The van der Waals surface area contributed by atoms with Gasteiger partial charge in [0, 0.05) is 25.2 Å². The van der Waals surface area contributed by atoms with Crippen LogP contribution in [-0.2, 0) is 0 Å². The van der Waals surface area contributed by atoms with Crippen molar-refractivity contribution in [1.82, 2.24) is 0 Å². The summed E-state index contributed by atoms with van der Waals surface area (Å²) in [5, 5.41) is 0. The molecule has 0 amide bonds. The highest BCUT2D eigenvalue weighted by Crippen LogP contribution is 2.44. The third-order valence-corrected chi connectivity index (χ3v) is 4.99. The Morgan fingerprint density at radius 2 is 1.71 bits per heavy atom. The maximum atomic E-state index is 2.43. The lowest BCUT2D eigenvalue weighted by molar-refractivity contribution is -0.948. The van der Waals surface area contributed by atoms with E-state index in [0.717, 1.165) is 23.9 Å². The van der Waals surface area contributed by atoms with Gasteiger partial charge in [-0.3, -0.25) is 0 Å². The third-order valence-electron chi connectivity index (χ3n) is 4.99. The van der Waals surface area contributed by atoms with Gasteiger partial charge in [-0.25, -0.2) is 0 Å². The zero-order valence-corrected chi connectivity index (χ0v) is 10.3. The number of hydrogen-bond acceptors (Lipinski definition) is 0. The Bertz CT molecular complexity index is 209. The summed E-state index contributed by atoms with van der Waals surface area (Å²) in [6, 6.07) is 1.86. The molecule has 2 aliphatic rings. The van der Waals surface area contributed by atoms with Crippen LogP contribution in [0.2, 0.25) is 0 Å². The zero-order chi connectivity index (χ0) is 10.3. The minimum atomic E-state index is 0.853. The van der Waals surface area contributed by atoms with Crippen molar-refractivity contribution >= 4 is 0 Å². The van der Waals surface area contributed by atoms with Crippen LogP contribution in [0.4, 0.5) is 0 Å². The van der Waals surface area contributed by atoms with Crippen molar-refractivity contribution < 1.29 is 4.48 Å². The molecule has 0 radical (unpaired) electrons. The highest BCUT2D eigenvalue weighted by molar-refractivity contribution is 4.85. The first-order valence-electron chi connectivity index (χ1n) is 6.44. The molecule has 3 unspecified atom stereocenters. The Labute approximate surface area is 89.1 Å². The van der Waals surface area contributed by atoms with Crippen LogP contribution >= 0.6 is 0 Å². The average Bonchev–Trinajstić information content (AvgIpc) is 2.58. The molecule has 0 N–H and O–H groups in total. The largest absolute Gasteiger partial charge is 0.319 e. The second-order valence-corrected chi connectivity index (χ2v) is 6.05. The van der Waals surface area contributed by atoms with Gasteiger partial charge in [0.15, 0.2) is 0 Å². The van der Waals surface area contributed by atoms with E-state index in [1.165, 1.54) is 36.8 Å². The van der Waals surface area contributed by atoms with Gasteiger partial charge in [-0.05, 0) is 19.8 Å². The van der Waals surface area contributed by atoms with Crippen molar-refractivity contribution in [2.45, 2.75) is 59.0 Å². The summed E-state index contributed by atoms with van der Waals surface area (Å²) < 4.78 is 1.46. The zero-order valence-electron chi connectivity index (χ0n) is 10.3. The van der Waals surface area contributed by atoms with E-state index in [1.807, 2.05) is 0 Å². The monoisotopic (exact) mass is 196 g/mol. The first kappa shape index (κ1) is 10.5. The molecule has 0 bridgehead atoms. The van der Waals surface area contributed by atoms with E-state index in [9.17, 15) is 0 Å². The minimum Gasteiger partial charge on any atom is -0.319 e. The quantitative estimate of drug-likeness (QED) is 0.596. The molecule has 3 atom stereocenters. The summed E-state index contributed by atoms with van der Waals surface area (Å²) in [5.74, 6) is 1.91. The Morgan fingerprint density at radius 1 is 1.00 bits per heavy atom. The number of quaternary nitrogens is 1. The molecular formula is C13H26N+. The van der Waals surface area contributed by atoms with E-state index in [-0.39, 0.29) is 0 Å². The van der Waals surface area contributed by atoms with Gasteiger partial charge in [0.2, 0.25) is 0 Å².